The third-order valence-electron chi connectivity index (χ3n) is 2.31. The van der Waals surface area contributed by atoms with Crippen LogP contribution in [0.25, 0.3) is 0 Å². The van der Waals surface area contributed by atoms with Crippen molar-refractivity contribution < 1.29 is 23.1 Å². The van der Waals surface area contributed by atoms with Gasteiger partial charge >= 0.3 is 5.97 Å². The average Bonchev–Trinajstić information content (AvgIpc) is 2.28. The molecule has 1 aromatic rings. The van der Waals surface area contributed by atoms with E-state index in [1.165, 1.54) is 7.11 Å². The molecule has 0 saturated carbocycles. The predicted octanol–water partition coefficient (Wildman–Crippen LogP) is 1.05. The minimum atomic E-state index is -3.93. The average molecular weight is 273 g/mol. The molecular formula is C11H15NO5S. The van der Waals surface area contributed by atoms with Gasteiger partial charge in [0, 0.05) is 12.8 Å². The van der Waals surface area contributed by atoms with Crippen LogP contribution >= 0.6 is 0 Å². The van der Waals surface area contributed by atoms with Gasteiger partial charge in [-0.15, -0.1) is 0 Å². The molecule has 1 rings (SSSR count). The summed E-state index contributed by atoms with van der Waals surface area (Å²) >= 11 is 0. The van der Waals surface area contributed by atoms with Crippen LogP contribution in [0.4, 0.5) is 5.69 Å². The molecule has 1 atom stereocenters. The highest BCUT2D eigenvalue weighted by atomic mass is 32.2. The van der Waals surface area contributed by atoms with E-state index in [2.05, 4.69) is 4.72 Å². The minimum absolute atomic E-state index is 0.317. The van der Waals surface area contributed by atoms with E-state index in [4.69, 9.17) is 9.84 Å². The van der Waals surface area contributed by atoms with Crippen molar-refractivity contribution in [1.82, 2.24) is 0 Å². The van der Waals surface area contributed by atoms with Crippen LogP contribution in [-0.4, -0.2) is 31.9 Å². The molecule has 0 fully saturated rings. The zero-order valence-corrected chi connectivity index (χ0v) is 10.9. The topological polar surface area (TPSA) is 92.7 Å². The molecule has 6 nitrogen and oxygen atoms in total. The Morgan fingerprint density at radius 1 is 1.50 bits per heavy atom. The van der Waals surface area contributed by atoms with Gasteiger partial charge in [-0.3, -0.25) is 9.52 Å². The Morgan fingerprint density at radius 3 is 2.72 bits per heavy atom. The molecule has 0 radical (unpaired) electrons. The lowest BCUT2D eigenvalue weighted by Crippen LogP contribution is -2.32. The maximum absolute atomic E-state index is 11.7. The van der Waals surface area contributed by atoms with Gasteiger partial charge in [0.15, 0.2) is 5.25 Å². The molecule has 0 amide bonds. The Hall–Kier alpha value is -1.60. The molecule has 0 bridgehead atoms. The van der Waals surface area contributed by atoms with E-state index in [9.17, 15) is 13.2 Å². The van der Waals surface area contributed by atoms with Crippen LogP contribution in [0.3, 0.4) is 0 Å². The van der Waals surface area contributed by atoms with Crippen LogP contribution in [0, 0.1) is 0 Å². The SMILES string of the molecule is COCc1cccc(NS(=O)(=O)C(C)C(=O)O)c1. The monoisotopic (exact) mass is 273 g/mol. The van der Waals surface area contributed by atoms with E-state index in [0.29, 0.717) is 12.3 Å². The first kappa shape index (κ1) is 14.5. The van der Waals surface area contributed by atoms with E-state index in [0.717, 1.165) is 12.5 Å². The number of aliphatic carboxylic acids is 1. The van der Waals surface area contributed by atoms with Crippen LogP contribution in [-0.2, 0) is 26.2 Å². The molecule has 1 aromatic carbocycles. The van der Waals surface area contributed by atoms with Crippen LogP contribution in [0.5, 0.6) is 0 Å². The second-order valence-electron chi connectivity index (χ2n) is 3.76. The fraction of sp³-hybridized carbons (Fsp3) is 0.364. The maximum atomic E-state index is 11.7. The summed E-state index contributed by atoms with van der Waals surface area (Å²) in [4.78, 5) is 10.7. The van der Waals surface area contributed by atoms with Crippen molar-refractivity contribution in [3.05, 3.63) is 29.8 Å². The third kappa shape index (κ3) is 3.71. The standard InChI is InChI=1S/C11H15NO5S/c1-8(11(13)14)18(15,16)12-10-5-3-4-9(6-10)7-17-2/h3-6,8,12H,7H2,1-2H3,(H,13,14). The third-order valence-corrected chi connectivity index (χ3v) is 3.96. The van der Waals surface area contributed by atoms with Crippen molar-refractivity contribution in [1.29, 1.82) is 0 Å². The lowest BCUT2D eigenvalue weighted by atomic mass is 10.2. The fourth-order valence-electron chi connectivity index (χ4n) is 1.28. The summed E-state index contributed by atoms with van der Waals surface area (Å²) in [5, 5.41) is 7.18. The summed E-state index contributed by atoms with van der Waals surface area (Å²) in [5.41, 5.74) is 1.11. The van der Waals surface area contributed by atoms with Crippen molar-refractivity contribution >= 4 is 21.7 Å². The number of carboxylic acids is 1. The molecule has 0 saturated heterocycles. The van der Waals surface area contributed by atoms with Gasteiger partial charge in [0.1, 0.15) is 0 Å². The first-order valence-corrected chi connectivity index (χ1v) is 6.74. The lowest BCUT2D eigenvalue weighted by molar-refractivity contribution is -0.136. The molecule has 100 valence electrons. The smallest absolute Gasteiger partial charge is 0.323 e. The zero-order valence-electron chi connectivity index (χ0n) is 10.1. The largest absolute Gasteiger partial charge is 0.480 e. The molecule has 1 unspecified atom stereocenters. The van der Waals surface area contributed by atoms with Gasteiger partial charge in [-0.25, -0.2) is 8.42 Å². The Labute approximate surface area is 106 Å². The molecule has 0 spiro atoms. The number of ether oxygens (including phenoxy) is 1. The summed E-state index contributed by atoms with van der Waals surface area (Å²) in [5.74, 6) is -1.39. The summed E-state index contributed by atoms with van der Waals surface area (Å²) < 4.78 is 30.5. The van der Waals surface area contributed by atoms with Gasteiger partial charge in [0.25, 0.3) is 0 Å². The van der Waals surface area contributed by atoms with Gasteiger partial charge in [-0.2, -0.15) is 0 Å². The fourth-order valence-corrected chi connectivity index (χ4v) is 2.17. The van der Waals surface area contributed by atoms with E-state index >= 15 is 0 Å². The van der Waals surface area contributed by atoms with Gasteiger partial charge < -0.3 is 9.84 Å². The van der Waals surface area contributed by atoms with Gasteiger partial charge in [-0.05, 0) is 24.6 Å². The number of benzene rings is 1. The van der Waals surface area contributed by atoms with E-state index in [-0.39, 0.29) is 0 Å². The van der Waals surface area contributed by atoms with Crippen LogP contribution in [0.2, 0.25) is 0 Å². The summed E-state index contributed by atoms with van der Waals surface area (Å²) in [6.07, 6.45) is 0. The summed E-state index contributed by atoms with van der Waals surface area (Å²) in [7, 11) is -2.40. The number of rotatable bonds is 6. The molecule has 0 heterocycles. The molecule has 0 aliphatic rings. The van der Waals surface area contributed by atoms with Gasteiger partial charge in [0.05, 0.1) is 6.61 Å². The van der Waals surface area contributed by atoms with Crippen LogP contribution < -0.4 is 4.72 Å². The van der Waals surface area contributed by atoms with Crippen molar-refractivity contribution in [2.24, 2.45) is 0 Å². The lowest BCUT2D eigenvalue weighted by Gasteiger charge is -2.12. The number of anilines is 1. The Balaban J connectivity index is 2.90. The highest BCUT2D eigenvalue weighted by Gasteiger charge is 2.27. The van der Waals surface area contributed by atoms with Gasteiger partial charge in [-0.1, -0.05) is 12.1 Å². The summed E-state index contributed by atoms with van der Waals surface area (Å²) in [6, 6.07) is 6.58. The highest BCUT2D eigenvalue weighted by molar-refractivity contribution is 7.94. The van der Waals surface area contributed by atoms with E-state index in [1.807, 2.05) is 0 Å². The van der Waals surface area contributed by atoms with Crippen LogP contribution in [0.1, 0.15) is 12.5 Å². The second-order valence-corrected chi connectivity index (χ2v) is 5.76. The van der Waals surface area contributed by atoms with Crippen LogP contribution in [0.15, 0.2) is 24.3 Å². The number of hydrogen-bond acceptors (Lipinski definition) is 4. The molecular weight excluding hydrogens is 258 g/mol. The maximum Gasteiger partial charge on any atom is 0.323 e. The summed E-state index contributed by atoms with van der Waals surface area (Å²) in [6.45, 7) is 1.47. The molecule has 0 aliphatic carbocycles. The number of methoxy groups -OCH3 is 1. The first-order chi connectivity index (χ1) is 8.36. The zero-order chi connectivity index (χ0) is 13.8. The first-order valence-electron chi connectivity index (χ1n) is 5.19. The van der Waals surface area contributed by atoms with Crippen molar-refractivity contribution in [3.8, 4) is 0 Å². The Kier molecular flexibility index (Phi) is 4.69. The molecule has 0 aromatic heterocycles. The number of nitrogens with one attached hydrogen (secondary N) is 1. The van der Waals surface area contributed by atoms with E-state index < -0.39 is 21.2 Å². The quantitative estimate of drug-likeness (QED) is 0.808. The van der Waals surface area contributed by atoms with Crippen molar-refractivity contribution in [3.63, 3.8) is 0 Å². The minimum Gasteiger partial charge on any atom is -0.480 e. The highest BCUT2D eigenvalue weighted by Crippen LogP contribution is 2.15. The number of carboxylic acid groups (broad SMARTS) is 1. The normalized spacial score (nSPS) is 13.0. The predicted molar refractivity (Wildman–Crippen MR) is 66.8 cm³/mol. The molecule has 2 N–H and O–H groups in total. The second kappa shape index (κ2) is 5.83. The van der Waals surface area contributed by atoms with Gasteiger partial charge in [0.2, 0.25) is 10.0 Å². The Morgan fingerprint density at radius 2 is 2.17 bits per heavy atom. The Bertz CT molecular complexity index is 526. The van der Waals surface area contributed by atoms with Crippen molar-refractivity contribution in [2.45, 2.75) is 18.8 Å². The molecule has 0 aliphatic heterocycles. The molecule has 7 heteroatoms. The molecule has 18 heavy (non-hydrogen) atoms. The van der Waals surface area contributed by atoms with E-state index in [1.54, 1.807) is 24.3 Å². The number of hydrogen-bond donors (Lipinski definition) is 2. The number of sulfonamides is 1. The number of carbonyl (C=O) groups is 1. The van der Waals surface area contributed by atoms with Crippen molar-refractivity contribution in [2.75, 3.05) is 11.8 Å².